The van der Waals surface area contributed by atoms with Gasteiger partial charge in [0.15, 0.2) is 5.78 Å². The predicted octanol–water partition coefficient (Wildman–Crippen LogP) is 2.87. The fourth-order valence-corrected chi connectivity index (χ4v) is 3.05. The zero-order valence-corrected chi connectivity index (χ0v) is 9.98. The highest BCUT2D eigenvalue weighted by atomic mass is 16.5. The van der Waals surface area contributed by atoms with E-state index in [0.717, 1.165) is 18.6 Å². The monoisotopic (exact) mass is 228 g/mol. The first-order chi connectivity index (χ1) is 8.28. The highest BCUT2D eigenvalue weighted by Crippen LogP contribution is 2.42. The summed E-state index contributed by atoms with van der Waals surface area (Å²) in [7, 11) is 1.69. The minimum Gasteiger partial charge on any atom is -0.497 e. The van der Waals surface area contributed by atoms with Gasteiger partial charge in [0.05, 0.1) is 7.11 Å². The average Bonchev–Trinajstić information content (AvgIpc) is 2.37. The number of rotatable bonds is 1. The molecular formula is C15H16O2. The minimum atomic E-state index is 0.259. The van der Waals surface area contributed by atoms with Crippen molar-refractivity contribution in [2.75, 3.05) is 7.11 Å². The first kappa shape index (κ1) is 10.6. The Hall–Kier alpha value is -1.57. The molecule has 0 bridgehead atoms. The molecule has 0 amide bonds. The highest BCUT2D eigenvalue weighted by molar-refractivity contribution is 5.91. The number of allylic oxidation sites excluding steroid dienone is 2. The summed E-state index contributed by atoms with van der Waals surface area (Å²) >= 11 is 0. The van der Waals surface area contributed by atoms with Crippen LogP contribution in [0.1, 0.15) is 29.9 Å². The average molecular weight is 228 g/mol. The highest BCUT2D eigenvalue weighted by Gasteiger charge is 2.31. The Morgan fingerprint density at radius 2 is 2.24 bits per heavy atom. The van der Waals surface area contributed by atoms with Crippen LogP contribution in [0.15, 0.2) is 30.4 Å². The van der Waals surface area contributed by atoms with Crippen molar-refractivity contribution in [1.82, 2.24) is 0 Å². The molecule has 0 saturated heterocycles. The first-order valence-electron chi connectivity index (χ1n) is 6.16. The predicted molar refractivity (Wildman–Crippen MR) is 66.3 cm³/mol. The summed E-state index contributed by atoms with van der Waals surface area (Å²) in [5, 5.41) is 0. The smallest absolute Gasteiger partial charge is 0.156 e. The Balaban J connectivity index is 2.01. The number of hydrogen-bond acceptors (Lipinski definition) is 2. The molecule has 0 saturated carbocycles. The molecule has 0 N–H and O–H groups in total. The standard InChI is InChI=1S/C15H16O2/c1-17-13-6-7-14-11(8-13)3-2-10-4-5-12(16)9-15(10)14/h4-8,10,15H,2-3,9H2,1H3/t10-,15?/m0/s1. The molecule has 2 heteroatoms. The Morgan fingerprint density at radius 1 is 1.35 bits per heavy atom. The summed E-state index contributed by atoms with van der Waals surface area (Å²) in [6.45, 7) is 0. The fraction of sp³-hybridized carbons (Fsp3) is 0.400. The molecule has 0 heterocycles. The number of methoxy groups -OCH3 is 1. The van der Waals surface area contributed by atoms with Gasteiger partial charge in [0.25, 0.3) is 0 Å². The van der Waals surface area contributed by atoms with Gasteiger partial charge in [0, 0.05) is 6.42 Å². The summed E-state index contributed by atoms with van der Waals surface area (Å²) in [6.07, 6.45) is 6.76. The molecule has 0 radical (unpaired) electrons. The van der Waals surface area contributed by atoms with Crippen LogP contribution >= 0.6 is 0 Å². The number of ketones is 1. The number of fused-ring (bicyclic) bond motifs is 3. The number of carbonyl (C=O) groups is 1. The van der Waals surface area contributed by atoms with Gasteiger partial charge in [-0.15, -0.1) is 0 Å². The molecular weight excluding hydrogens is 212 g/mol. The van der Waals surface area contributed by atoms with E-state index in [1.165, 1.54) is 11.1 Å². The Morgan fingerprint density at radius 3 is 3.06 bits per heavy atom. The summed E-state index contributed by atoms with van der Waals surface area (Å²) < 4.78 is 5.26. The molecule has 88 valence electrons. The van der Waals surface area contributed by atoms with Crippen molar-refractivity contribution in [1.29, 1.82) is 0 Å². The van der Waals surface area contributed by atoms with Gasteiger partial charge in [-0.25, -0.2) is 0 Å². The van der Waals surface area contributed by atoms with Gasteiger partial charge in [-0.3, -0.25) is 4.79 Å². The maximum Gasteiger partial charge on any atom is 0.156 e. The molecule has 3 rings (SSSR count). The van der Waals surface area contributed by atoms with E-state index in [1.807, 2.05) is 6.07 Å². The molecule has 2 nitrogen and oxygen atoms in total. The lowest BCUT2D eigenvalue weighted by molar-refractivity contribution is -0.115. The maximum atomic E-state index is 11.5. The summed E-state index contributed by atoms with van der Waals surface area (Å²) in [6, 6.07) is 6.26. The summed E-state index contributed by atoms with van der Waals surface area (Å²) in [5.41, 5.74) is 2.70. The Kier molecular flexibility index (Phi) is 2.50. The Labute approximate surface area is 101 Å². The van der Waals surface area contributed by atoms with Crippen molar-refractivity contribution < 1.29 is 9.53 Å². The van der Waals surface area contributed by atoms with Gasteiger partial charge in [0.2, 0.25) is 0 Å². The number of ether oxygens (including phenoxy) is 1. The lowest BCUT2D eigenvalue weighted by Crippen LogP contribution is -2.24. The van der Waals surface area contributed by atoms with Crippen molar-refractivity contribution in [3.05, 3.63) is 41.5 Å². The Bertz CT molecular complexity index is 488. The minimum absolute atomic E-state index is 0.259. The number of carbonyl (C=O) groups excluding carboxylic acids is 1. The van der Waals surface area contributed by atoms with E-state index < -0.39 is 0 Å². The van der Waals surface area contributed by atoms with E-state index in [0.29, 0.717) is 18.3 Å². The van der Waals surface area contributed by atoms with E-state index in [1.54, 1.807) is 13.2 Å². The lowest BCUT2D eigenvalue weighted by atomic mass is 9.70. The molecule has 0 spiro atoms. The van der Waals surface area contributed by atoms with E-state index in [9.17, 15) is 4.79 Å². The molecule has 0 fully saturated rings. The fourth-order valence-electron chi connectivity index (χ4n) is 3.05. The number of hydrogen-bond donors (Lipinski definition) is 0. The largest absolute Gasteiger partial charge is 0.497 e. The molecule has 1 aromatic carbocycles. The van der Waals surface area contributed by atoms with Crippen LogP contribution in [0.5, 0.6) is 5.75 Å². The van der Waals surface area contributed by atoms with Gasteiger partial charge in [0.1, 0.15) is 5.75 Å². The zero-order valence-electron chi connectivity index (χ0n) is 9.98. The number of aryl methyl sites for hydroxylation is 1. The van der Waals surface area contributed by atoms with Crippen molar-refractivity contribution >= 4 is 5.78 Å². The van der Waals surface area contributed by atoms with Gasteiger partial charge in [-0.2, -0.15) is 0 Å². The van der Waals surface area contributed by atoms with E-state index in [4.69, 9.17) is 4.74 Å². The van der Waals surface area contributed by atoms with Crippen molar-refractivity contribution in [3.63, 3.8) is 0 Å². The van der Waals surface area contributed by atoms with Crippen LogP contribution in [0.3, 0.4) is 0 Å². The molecule has 0 aliphatic heterocycles. The maximum absolute atomic E-state index is 11.5. The van der Waals surface area contributed by atoms with Crippen LogP contribution in [-0.2, 0) is 11.2 Å². The SMILES string of the molecule is COc1ccc2c(c1)CC[C@H]1C=CC(=O)CC21. The van der Waals surface area contributed by atoms with Crippen molar-refractivity contribution in [3.8, 4) is 5.75 Å². The molecule has 1 unspecified atom stereocenters. The van der Waals surface area contributed by atoms with Gasteiger partial charge < -0.3 is 4.74 Å². The molecule has 1 aromatic rings. The van der Waals surface area contributed by atoms with Gasteiger partial charge in [-0.05, 0) is 54.0 Å². The third-order valence-corrected chi connectivity index (χ3v) is 3.96. The van der Waals surface area contributed by atoms with Crippen LogP contribution in [0, 0.1) is 5.92 Å². The van der Waals surface area contributed by atoms with E-state index in [-0.39, 0.29) is 5.78 Å². The van der Waals surface area contributed by atoms with Crippen LogP contribution in [0.4, 0.5) is 0 Å². The topological polar surface area (TPSA) is 26.3 Å². The third-order valence-electron chi connectivity index (χ3n) is 3.96. The van der Waals surface area contributed by atoms with Gasteiger partial charge in [-0.1, -0.05) is 12.1 Å². The van der Waals surface area contributed by atoms with Crippen molar-refractivity contribution in [2.24, 2.45) is 5.92 Å². The second kappa shape index (κ2) is 4.02. The zero-order chi connectivity index (χ0) is 11.8. The van der Waals surface area contributed by atoms with Crippen LogP contribution in [-0.4, -0.2) is 12.9 Å². The molecule has 2 aliphatic carbocycles. The lowest BCUT2D eigenvalue weighted by Gasteiger charge is -2.33. The third kappa shape index (κ3) is 1.78. The second-order valence-electron chi connectivity index (χ2n) is 4.90. The quantitative estimate of drug-likeness (QED) is 0.738. The molecule has 2 aliphatic rings. The normalized spacial score (nSPS) is 26.3. The molecule has 17 heavy (non-hydrogen) atoms. The van der Waals surface area contributed by atoms with Crippen LogP contribution in [0.2, 0.25) is 0 Å². The van der Waals surface area contributed by atoms with E-state index in [2.05, 4.69) is 18.2 Å². The van der Waals surface area contributed by atoms with E-state index >= 15 is 0 Å². The number of benzene rings is 1. The summed E-state index contributed by atoms with van der Waals surface area (Å²) in [5.74, 6) is 2.12. The first-order valence-corrected chi connectivity index (χ1v) is 6.16. The molecule has 2 atom stereocenters. The second-order valence-corrected chi connectivity index (χ2v) is 4.90. The van der Waals surface area contributed by atoms with Crippen LogP contribution < -0.4 is 4.74 Å². The van der Waals surface area contributed by atoms with Crippen LogP contribution in [0.25, 0.3) is 0 Å². The molecule has 0 aromatic heterocycles. The van der Waals surface area contributed by atoms with Crippen molar-refractivity contribution in [2.45, 2.75) is 25.2 Å². The summed E-state index contributed by atoms with van der Waals surface area (Å²) in [4.78, 5) is 11.5. The van der Waals surface area contributed by atoms with Gasteiger partial charge >= 0.3 is 0 Å².